The van der Waals surface area contributed by atoms with Gasteiger partial charge in [-0.1, -0.05) is 48.5 Å². The zero-order valence-corrected chi connectivity index (χ0v) is 22.4. The van der Waals surface area contributed by atoms with Crippen LogP contribution in [-0.4, -0.2) is 75.7 Å². The van der Waals surface area contributed by atoms with Crippen LogP contribution in [0, 0.1) is 0 Å². The standard InChI is InChI=1S/C30H36N6O4/c31-22(16-19-8-2-1-3-9-19)29(39)36-15-7-13-26(36)28(38)34-24(30(40)35-14-6-12-25(35)27(32)37)17-20-18-33-23-11-5-4-10-21(20)23/h1-5,8-11,18,22,24-26,33H,6-7,12-17,31H2,(H2,32,37)(H,34,38)/t22-,24-,25+,26-/m0/s1. The molecule has 2 aliphatic heterocycles. The van der Waals surface area contributed by atoms with Crippen LogP contribution in [0.2, 0.25) is 0 Å². The second kappa shape index (κ2) is 11.9. The Bertz CT molecular complexity index is 1390. The zero-order chi connectivity index (χ0) is 28.2. The molecule has 5 rings (SSSR count). The molecule has 0 bridgehead atoms. The van der Waals surface area contributed by atoms with Crippen LogP contribution in [0.1, 0.15) is 36.8 Å². The summed E-state index contributed by atoms with van der Waals surface area (Å²) in [6.45, 7) is 0.825. The second-order valence-electron chi connectivity index (χ2n) is 10.7. The van der Waals surface area contributed by atoms with Crippen LogP contribution in [0.3, 0.4) is 0 Å². The minimum absolute atomic E-state index is 0.227. The first kappa shape index (κ1) is 27.4. The predicted octanol–water partition coefficient (Wildman–Crippen LogP) is 1.23. The van der Waals surface area contributed by atoms with Gasteiger partial charge >= 0.3 is 0 Å². The van der Waals surface area contributed by atoms with E-state index in [2.05, 4.69) is 10.3 Å². The second-order valence-corrected chi connectivity index (χ2v) is 10.7. The topological polar surface area (TPSA) is 155 Å². The zero-order valence-electron chi connectivity index (χ0n) is 22.4. The molecular weight excluding hydrogens is 508 g/mol. The number of para-hydroxylation sites is 1. The average molecular weight is 545 g/mol. The van der Waals surface area contributed by atoms with Crippen molar-refractivity contribution in [1.82, 2.24) is 20.1 Å². The van der Waals surface area contributed by atoms with Crippen molar-refractivity contribution >= 4 is 34.5 Å². The lowest BCUT2D eigenvalue weighted by molar-refractivity contribution is -0.143. The van der Waals surface area contributed by atoms with E-state index in [1.807, 2.05) is 60.8 Å². The summed E-state index contributed by atoms with van der Waals surface area (Å²) in [5.41, 5.74) is 14.6. The molecule has 1 aromatic heterocycles. The molecule has 0 unspecified atom stereocenters. The number of aromatic amines is 1. The molecule has 6 N–H and O–H groups in total. The van der Waals surface area contributed by atoms with Crippen LogP contribution in [0.4, 0.5) is 0 Å². The van der Waals surface area contributed by atoms with E-state index in [1.165, 1.54) is 9.80 Å². The van der Waals surface area contributed by atoms with Crippen molar-refractivity contribution in [3.05, 3.63) is 71.9 Å². The third kappa shape index (κ3) is 5.72. The minimum Gasteiger partial charge on any atom is -0.368 e. The van der Waals surface area contributed by atoms with Gasteiger partial charge in [-0.3, -0.25) is 19.2 Å². The molecule has 3 heterocycles. The van der Waals surface area contributed by atoms with Gasteiger partial charge in [0, 0.05) is 36.6 Å². The number of aromatic nitrogens is 1. The maximum atomic E-state index is 13.8. The molecule has 2 saturated heterocycles. The van der Waals surface area contributed by atoms with Gasteiger partial charge in [-0.05, 0) is 49.3 Å². The quantitative estimate of drug-likeness (QED) is 0.319. The number of benzene rings is 2. The van der Waals surface area contributed by atoms with Crippen LogP contribution in [0.15, 0.2) is 60.8 Å². The SMILES string of the molecule is NC(=O)[C@H]1CCCN1C(=O)[C@H](Cc1c[nH]c2ccccc12)NC(=O)[C@@H]1CCCN1C(=O)[C@@H](N)Cc1ccccc1. The lowest BCUT2D eigenvalue weighted by Crippen LogP contribution is -2.57. The molecule has 0 saturated carbocycles. The van der Waals surface area contributed by atoms with Gasteiger partial charge in [0.05, 0.1) is 6.04 Å². The van der Waals surface area contributed by atoms with Gasteiger partial charge in [-0.15, -0.1) is 0 Å². The minimum atomic E-state index is -0.929. The summed E-state index contributed by atoms with van der Waals surface area (Å²) < 4.78 is 0. The summed E-state index contributed by atoms with van der Waals surface area (Å²) in [4.78, 5) is 59.0. The molecule has 0 spiro atoms. The van der Waals surface area contributed by atoms with Crippen molar-refractivity contribution in [3.63, 3.8) is 0 Å². The van der Waals surface area contributed by atoms with E-state index >= 15 is 0 Å². The first-order valence-electron chi connectivity index (χ1n) is 13.9. The van der Waals surface area contributed by atoms with Crippen molar-refractivity contribution in [2.45, 2.75) is 62.7 Å². The molecule has 2 aliphatic rings. The number of likely N-dealkylation sites (tertiary alicyclic amines) is 2. The molecule has 0 aliphatic carbocycles. The Hall–Kier alpha value is -4.18. The van der Waals surface area contributed by atoms with E-state index < -0.39 is 36.0 Å². The fourth-order valence-electron chi connectivity index (χ4n) is 5.99. The smallest absolute Gasteiger partial charge is 0.246 e. The molecular formula is C30H36N6O4. The number of nitrogens with two attached hydrogens (primary N) is 2. The third-order valence-electron chi connectivity index (χ3n) is 8.03. The Morgan fingerprint density at radius 2 is 1.52 bits per heavy atom. The summed E-state index contributed by atoms with van der Waals surface area (Å²) in [6.07, 6.45) is 4.74. The van der Waals surface area contributed by atoms with Gasteiger partial charge < -0.3 is 31.6 Å². The molecule has 10 nitrogen and oxygen atoms in total. The summed E-state index contributed by atoms with van der Waals surface area (Å²) >= 11 is 0. The maximum Gasteiger partial charge on any atom is 0.246 e. The monoisotopic (exact) mass is 544 g/mol. The Balaban J connectivity index is 1.34. The molecule has 2 aromatic carbocycles. The van der Waals surface area contributed by atoms with E-state index in [1.54, 1.807) is 0 Å². The van der Waals surface area contributed by atoms with Crippen LogP contribution >= 0.6 is 0 Å². The van der Waals surface area contributed by atoms with Crippen molar-refractivity contribution in [1.29, 1.82) is 0 Å². The normalized spacial score (nSPS) is 20.4. The number of hydrogen-bond donors (Lipinski definition) is 4. The number of rotatable bonds is 9. The molecule has 10 heteroatoms. The molecule has 2 fully saturated rings. The fraction of sp³-hybridized carbons (Fsp3) is 0.400. The number of fused-ring (bicyclic) bond motifs is 1. The van der Waals surface area contributed by atoms with Gasteiger partial charge in [-0.25, -0.2) is 0 Å². The van der Waals surface area contributed by atoms with Crippen LogP contribution in [0.25, 0.3) is 10.9 Å². The van der Waals surface area contributed by atoms with E-state index in [4.69, 9.17) is 11.5 Å². The van der Waals surface area contributed by atoms with Crippen LogP contribution in [-0.2, 0) is 32.0 Å². The molecule has 4 amide bonds. The highest BCUT2D eigenvalue weighted by Crippen LogP contribution is 2.24. The highest BCUT2D eigenvalue weighted by molar-refractivity contribution is 5.96. The lowest BCUT2D eigenvalue weighted by atomic mass is 10.0. The number of carbonyl (C=O) groups is 4. The van der Waals surface area contributed by atoms with E-state index in [0.717, 1.165) is 22.0 Å². The summed E-state index contributed by atoms with van der Waals surface area (Å²) in [5, 5.41) is 3.89. The number of H-pyrrole nitrogens is 1. The summed E-state index contributed by atoms with van der Waals surface area (Å²) in [6, 6.07) is 14.1. The first-order chi connectivity index (χ1) is 19.3. The van der Waals surface area contributed by atoms with E-state index in [9.17, 15) is 19.2 Å². The Kier molecular flexibility index (Phi) is 8.16. The number of carbonyl (C=O) groups excluding carboxylic acids is 4. The summed E-state index contributed by atoms with van der Waals surface area (Å²) in [7, 11) is 0. The highest BCUT2D eigenvalue weighted by Gasteiger charge is 2.40. The first-order valence-corrected chi connectivity index (χ1v) is 13.9. The Morgan fingerprint density at radius 1 is 0.875 bits per heavy atom. The molecule has 210 valence electrons. The van der Waals surface area contributed by atoms with Crippen molar-refractivity contribution in [3.8, 4) is 0 Å². The largest absolute Gasteiger partial charge is 0.368 e. The highest BCUT2D eigenvalue weighted by atomic mass is 16.2. The molecule has 4 atom stereocenters. The average Bonchev–Trinajstić information content (AvgIpc) is 3.72. The van der Waals surface area contributed by atoms with Crippen molar-refractivity contribution < 1.29 is 19.2 Å². The Labute approximate surface area is 233 Å². The molecule has 40 heavy (non-hydrogen) atoms. The van der Waals surface area contributed by atoms with Crippen LogP contribution < -0.4 is 16.8 Å². The van der Waals surface area contributed by atoms with Gasteiger partial charge in [0.15, 0.2) is 0 Å². The van der Waals surface area contributed by atoms with Gasteiger partial charge in [0.1, 0.15) is 18.1 Å². The maximum absolute atomic E-state index is 13.8. The lowest BCUT2D eigenvalue weighted by Gasteiger charge is -2.31. The number of nitrogens with zero attached hydrogens (tertiary/aromatic N) is 2. The molecule has 3 aromatic rings. The third-order valence-corrected chi connectivity index (χ3v) is 8.03. The van der Waals surface area contributed by atoms with E-state index in [0.29, 0.717) is 45.2 Å². The van der Waals surface area contributed by atoms with E-state index in [-0.39, 0.29) is 18.2 Å². The van der Waals surface area contributed by atoms with Crippen molar-refractivity contribution in [2.24, 2.45) is 11.5 Å². The van der Waals surface area contributed by atoms with Gasteiger partial charge in [0.25, 0.3) is 0 Å². The number of primary amides is 1. The van der Waals surface area contributed by atoms with Gasteiger partial charge in [-0.2, -0.15) is 0 Å². The number of nitrogens with one attached hydrogen (secondary N) is 2. The number of hydrogen-bond acceptors (Lipinski definition) is 5. The van der Waals surface area contributed by atoms with Gasteiger partial charge in [0.2, 0.25) is 23.6 Å². The van der Waals surface area contributed by atoms with Crippen molar-refractivity contribution in [2.75, 3.05) is 13.1 Å². The predicted molar refractivity (Wildman–Crippen MR) is 151 cm³/mol. The number of amides is 4. The fourth-order valence-corrected chi connectivity index (χ4v) is 5.99. The summed E-state index contributed by atoms with van der Waals surface area (Å²) in [5.74, 6) is -1.58. The Morgan fingerprint density at radius 3 is 2.25 bits per heavy atom. The molecule has 0 radical (unpaired) electrons. The van der Waals surface area contributed by atoms with Crippen LogP contribution in [0.5, 0.6) is 0 Å².